The van der Waals surface area contributed by atoms with Gasteiger partial charge < -0.3 is 19.9 Å². The highest BCUT2D eigenvalue weighted by atomic mass is 19.4. The minimum absolute atomic E-state index is 0.0874. The Hall–Kier alpha value is -2.79. The van der Waals surface area contributed by atoms with Crippen LogP contribution < -0.4 is 10.1 Å². The van der Waals surface area contributed by atoms with E-state index in [2.05, 4.69) is 5.32 Å². The van der Waals surface area contributed by atoms with E-state index in [1.165, 1.54) is 25.3 Å². The second-order valence-corrected chi connectivity index (χ2v) is 8.05. The summed E-state index contributed by atoms with van der Waals surface area (Å²) in [5.41, 5.74) is -1.99. The number of aliphatic hydroxyl groups is 1. The molecule has 2 heterocycles. The maximum absolute atomic E-state index is 13.2. The first-order valence-electron chi connectivity index (χ1n) is 9.96. The van der Waals surface area contributed by atoms with Crippen LogP contribution in [0.5, 0.6) is 5.75 Å². The lowest BCUT2D eigenvalue weighted by Crippen LogP contribution is -2.41. The summed E-state index contributed by atoms with van der Waals surface area (Å²) >= 11 is 0. The quantitative estimate of drug-likeness (QED) is 0.635. The molecule has 5 unspecified atom stereocenters. The van der Waals surface area contributed by atoms with Crippen molar-refractivity contribution in [2.45, 2.75) is 43.0 Å². The van der Waals surface area contributed by atoms with Crippen molar-refractivity contribution < 1.29 is 45.7 Å². The van der Waals surface area contributed by atoms with Crippen LogP contribution in [0.1, 0.15) is 29.0 Å². The predicted molar refractivity (Wildman–Crippen MR) is 104 cm³/mol. The highest BCUT2D eigenvalue weighted by Crippen LogP contribution is 2.50. The average molecular weight is 475 g/mol. The number of nitrogens with one attached hydrogen (secondary N) is 1. The number of carbonyl (C=O) groups is 1. The highest BCUT2D eigenvalue weighted by molar-refractivity contribution is 5.94. The Bertz CT molecular complexity index is 1050. The lowest BCUT2D eigenvalue weighted by Gasteiger charge is -2.30. The van der Waals surface area contributed by atoms with Crippen molar-refractivity contribution in [1.29, 1.82) is 0 Å². The Labute approximate surface area is 184 Å². The standard InChI is InChI=1S/C22H19F6NO4/c1-32-14-7-12(22(26,27)28)6-13(8-14)29-20(31)18-16-9-15(30)19(33-16)17(18)10-3-2-4-11(5-10)21(23,24)25/h2-8,15-19,30H,9H2,1H3,(H,29,31). The molecule has 2 aromatic rings. The normalized spacial score (nSPS) is 27.0. The molecule has 0 aromatic heterocycles. The van der Waals surface area contributed by atoms with Crippen molar-refractivity contribution in [1.82, 2.24) is 0 Å². The third kappa shape index (κ3) is 4.51. The molecule has 2 saturated heterocycles. The van der Waals surface area contributed by atoms with Gasteiger partial charge in [-0.05, 0) is 23.8 Å². The molecule has 2 aliphatic rings. The third-order valence-corrected chi connectivity index (χ3v) is 5.97. The number of fused-ring (bicyclic) bond motifs is 2. The second kappa shape index (κ2) is 8.21. The van der Waals surface area contributed by atoms with Gasteiger partial charge in [0, 0.05) is 24.1 Å². The molecule has 33 heavy (non-hydrogen) atoms. The van der Waals surface area contributed by atoms with E-state index in [4.69, 9.17) is 9.47 Å². The number of methoxy groups -OCH3 is 1. The number of hydrogen-bond donors (Lipinski definition) is 2. The van der Waals surface area contributed by atoms with Crippen LogP contribution in [0.4, 0.5) is 32.0 Å². The number of hydrogen-bond acceptors (Lipinski definition) is 4. The van der Waals surface area contributed by atoms with Crippen molar-refractivity contribution in [3.8, 4) is 5.75 Å². The first-order chi connectivity index (χ1) is 15.4. The van der Waals surface area contributed by atoms with Gasteiger partial charge in [0.15, 0.2) is 0 Å². The maximum Gasteiger partial charge on any atom is 0.416 e. The molecule has 4 rings (SSSR count). The number of halogens is 6. The molecule has 5 atom stereocenters. The molecule has 11 heteroatoms. The van der Waals surface area contributed by atoms with Crippen molar-refractivity contribution in [3.63, 3.8) is 0 Å². The molecule has 2 bridgehead atoms. The second-order valence-electron chi connectivity index (χ2n) is 8.05. The summed E-state index contributed by atoms with van der Waals surface area (Å²) < 4.78 is 89.8. The Morgan fingerprint density at radius 1 is 1.06 bits per heavy atom. The highest BCUT2D eigenvalue weighted by Gasteiger charge is 2.57. The minimum atomic E-state index is -4.69. The summed E-state index contributed by atoms with van der Waals surface area (Å²) in [6, 6.07) is 7.11. The van der Waals surface area contributed by atoms with E-state index in [0.717, 1.165) is 24.3 Å². The molecule has 0 spiro atoms. The molecule has 2 fully saturated rings. The van der Waals surface area contributed by atoms with Crippen LogP contribution in [0.15, 0.2) is 42.5 Å². The number of ether oxygens (including phenoxy) is 2. The summed E-state index contributed by atoms with van der Waals surface area (Å²) in [4.78, 5) is 13.1. The Balaban J connectivity index is 1.66. The van der Waals surface area contributed by atoms with E-state index >= 15 is 0 Å². The van der Waals surface area contributed by atoms with E-state index in [0.29, 0.717) is 0 Å². The van der Waals surface area contributed by atoms with E-state index in [1.807, 2.05) is 0 Å². The van der Waals surface area contributed by atoms with Gasteiger partial charge in [-0.2, -0.15) is 26.3 Å². The van der Waals surface area contributed by atoms with Crippen molar-refractivity contribution in [2.75, 3.05) is 12.4 Å². The molecule has 0 radical (unpaired) electrons. The molecular formula is C22H19F6NO4. The molecule has 1 amide bonds. The summed E-state index contributed by atoms with van der Waals surface area (Å²) in [6.07, 6.45) is -11.9. The Morgan fingerprint density at radius 2 is 1.76 bits per heavy atom. The number of alkyl halides is 6. The molecular weight excluding hydrogens is 456 g/mol. The van der Waals surface area contributed by atoms with Gasteiger partial charge in [0.05, 0.1) is 42.5 Å². The van der Waals surface area contributed by atoms with Crippen LogP contribution in [-0.2, 0) is 21.9 Å². The third-order valence-electron chi connectivity index (χ3n) is 5.97. The fourth-order valence-corrected chi connectivity index (χ4v) is 4.54. The summed E-state index contributed by atoms with van der Waals surface area (Å²) in [6.45, 7) is 0. The van der Waals surface area contributed by atoms with E-state index in [9.17, 15) is 36.2 Å². The lowest BCUT2D eigenvalue weighted by atomic mass is 9.73. The fourth-order valence-electron chi connectivity index (χ4n) is 4.54. The van der Waals surface area contributed by atoms with Crippen molar-refractivity contribution in [3.05, 3.63) is 59.2 Å². The van der Waals surface area contributed by atoms with Crippen molar-refractivity contribution >= 4 is 11.6 Å². The van der Waals surface area contributed by atoms with E-state index in [1.54, 1.807) is 0 Å². The number of carbonyl (C=O) groups excluding carboxylic acids is 1. The van der Waals surface area contributed by atoms with Gasteiger partial charge in [0.25, 0.3) is 0 Å². The van der Waals surface area contributed by atoms with Gasteiger partial charge in [0.2, 0.25) is 5.91 Å². The van der Waals surface area contributed by atoms with Crippen LogP contribution in [0.2, 0.25) is 0 Å². The van der Waals surface area contributed by atoms with Gasteiger partial charge in [-0.3, -0.25) is 4.79 Å². The molecule has 0 saturated carbocycles. The van der Waals surface area contributed by atoms with Gasteiger partial charge >= 0.3 is 12.4 Å². The number of amides is 1. The molecule has 178 valence electrons. The zero-order valence-corrected chi connectivity index (χ0v) is 17.1. The maximum atomic E-state index is 13.2. The van der Waals surface area contributed by atoms with Crippen LogP contribution in [0.3, 0.4) is 0 Å². The van der Waals surface area contributed by atoms with E-state index < -0.39 is 59.5 Å². The predicted octanol–water partition coefficient (Wildman–Crippen LogP) is 4.60. The van der Waals surface area contributed by atoms with Gasteiger partial charge in [0.1, 0.15) is 5.75 Å². The summed E-state index contributed by atoms with van der Waals surface area (Å²) in [5.74, 6) is -2.77. The largest absolute Gasteiger partial charge is 0.497 e. The summed E-state index contributed by atoms with van der Waals surface area (Å²) in [7, 11) is 1.18. The zero-order chi connectivity index (χ0) is 24.1. The minimum Gasteiger partial charge on any atom is -0.497 e. The van der Waals surface area contributed by atoms with Crippen LogP contribution >= 0.6 is 0 Å². The smallest absolute Gasteiger partial charge is 0.416 e. The molecule has 5 nitrogen and oxygen atoms in total. The number of aliphatic hydroxyl groups excluding tert-OH is 1. The number of benzene rings is 2. The molecule has 2 N–H and O–H groups in total. The number of anilines is 1. The van der Waals surface area contributed by atoms with Crippen LogP contribution in [0, 0.1) is 5.92 Å². The Morgan fingerprint density at radius 3 is 2.39 bits per heavy atom. The monoisotopic (exact) mass is 475 g/mol. The van der Waals surface area contributed by atoms with Gasteiger partial charge in [-0.25, -0.2) is 0 Å². The molecule has 2 aliphatic heterocycles. The first kappa shape index (κ1) is 23.4. The Kier molecular flexibility index (Phi) is 5.81. The summed E-state index contributed by atoms with van der Waals surface area (Å²) in [5, 5.41) is 12.7. The zero-order valence-electron chi connectivity index (χ0n) is 17.1. The SMILES string of the molecule is COc1cc(NC(=O)C2C3CC(O)C(O3)C2c2cccc(C(F)(F)F)c2)cc(C(F)(F)F)c1. The molecule has 0 aliphatic carbocycles. The van der Waals surface area contributed by atoms with Gasteiger partial charge in [-0.1, -0.05) is 18.2 Å². The van der Waals surface area contributed by atoms with Crippen molar-refractivity contribution in [2.24, 2.45) is 5.92 Å². The number of rotatable bonds is 4. The lowest BCUT2D eigenvalue weighted by molar-refractivity contribution is -0.138. The molecule has 2 aromatic carbocycles. The fraction of sp³-hybridized carbons (Fsp3) is 0.409. The average Bonchev–Trinajstić information content (AvgIpc) is 3.29. The van der Waals surface area contributed by atoms with E-state index in [-0.39, 0.29) is 23.4 Å². The van der Waals surface area contributed by atoms with Gasteiger partial charge in [-0.15, -0.1) is 0 Å². The van der Waals surface area contributed by atoms with Crippen LogP contribution in [-0.4, -0.2) is 36.4 Å². The topological polar surface area (TPSA) is 67.8 Å². The first-order valence-corrected chi connectivity index (χ1v) is 9.96. The van der Waals surface area contributed by atoms with Crippen LogP contribution in [0.25, 0.3) is 0 Å².